The molecule has 0 aromatic heterocycles. The van der Waals surface area contributed by atoms with Crippen LogP contribution in [0.4, 0.5) is 0 Å². The molecule has 4 heteroatoms. The minimum Gasteiger partial charge on any atom is -0.388 e. The minimum atomic E-state index is -0.551. The molecule has 0 saturated heterocycles. The van der Waals surface area contributed by atoms with Gasteiger partial charge in [-0.05, 0) is 30.5 Å². The van der Waals surface area contributed by atoms with Crippen molar-refractivity contribution in [3.05, 3.63) is 33.8 Å². The van der Waals surface area contributed by atoms with Crippen LogP contribution in [0.1, 0.15) is 37.4 Å². The van der Waals surface area contributed by atoms with Crippen molar-refractivity contribution < 1.29 is 5.11 Å². The van der Waals surface area contributed by atoms with Crippen LogP contribution in [0, 0.1) is 5.41 Å². The lowest BCUT2D eigenvalue weighted by Crippen LogP contribution is -2.34. The van der Waals surface area contributed by atoms with E-state index in [1.54, 1.807) is 12.1 Å². The summed E-state index contributed by atoms with van der Waals surface area (Å²) < 4.78 is 0. The molecule has 0 spiro atoms. The van der Waals surface area contributed by atoms with Gasteiger partial charge in [-0.2, -0.15) is 0 Å². The highest BCUT2D eigenvalue weighted by Gasteiger charge is 2.40. The topological polar surface area (TPSA) is 46.2 Å². The molecule has 1 saturated carbocycles. The van der Waals surface area contributed by atoms with Gasteiger partial charge in [-0.3, -0.25) is 0 Å². The second-order valence-electron chi connectivity index (χ2n) is 4.85. The molecule has 0 radical (unpaired) electrons. The van der Waals surface area contributed by atoms with E-state index >= 15 is 0 Å². The van der Waals surface area contributed by atoms with Gasteiger partial charge in [0.1, 0.15) is 0 Å². The van der Waals surface area contributed by atoms with Gasteiger partial charge in [0, 0.05) is 12.0 Å². The van der Waals surface area contributed by atoms with Gasteiger partial charge in [0.2, 0.25) is 0 Å². The van der Waals surface area contributed by atoms with Gasteiger partial charge in [0.25, 0.3) is 0 Å². The number of hydrogen-bond acceptors (Lipinski definition) is 2. The van der Waals surface area contributed by atoms with Crippen molar-refractivity contribution in [2.75, 3.05) is 6.54 Å². The molecule has 1 aliphatic carbocycles. The lowest BCUT2D eigenvalue weighted by Gasteiger charge is -2.33. The zero-order valence-corrected chi connectivity index (χ0v) is 11.1. The van der Waals surface area contributed by atoms with Gasteiger partial charge in [-0.1, -0.05) is 42.1 Å². The monoisotopic (exact) mass is 273 g/mol. The van der Waals surface area contributed by atoms with E-state index < -0.39 is 6.10 Å². The Balaban J connectivity index is 2.29. The van der Waals surface area contributed by atoms with Crippen molar-refractivity contribution in [1.82, 2.24) is 0 Å². The summed E-state index contributed by atoms with van der Waals surface area (Å²) in [5.74, 6) is 0. The summed E-state index contributed by atoms with van der Waals surface area (Å²) in [5, 5.41) is 11.5. The Morgan fingerprint density at radius 3 is 2.41 bits per heavy atom. The van der Waals surface area contributed by atoms with Gasteiger partial charge in [0.05, 0.1) is 16.1 Å². The summed E-state index contributed by atoms with van der Waals surface area (Å²) in [6.07, 6.45) is 3.67. The summed E-state index contributed by atoms with van der Waals surface area (Å²) in [7, 11) is 0. The van der Waals surface area contributed by atoms with Crippen LogP contribution < -0.4 is 5.73 Å². The van der Waals surface area contributed by atoms with Crippen LogP contribution >= 0.6 is 23.2 Å². The van der Waals surface area contributed by atoms with Crippen LogP contribution in [0.15, 0.2) is 18.2 Å². The Morgan fingerprint density at radius 2 is 1.88 bits per heavy atom. The van der Waals surface area contributed by atoms with E-state index in [0.717, 1.165) is 31.2 Å². The normalized spacial score (nSPS) is 20.5. The molecule has 2 rings (SSSR count). The Labute approximate surface area is 112 Å². The quantitative estimate of drug-likeness (QED) is 0.885. The third kappa shape index (κ3) is 2.45. The zero-order chi connectivity index (χ0) is 12.5. The Hall–Kier alpha value is -0.280. The fourth-order valence-electron chi connectivity index (χ4n) is 2.70. The molecule has 1 fully saturated rings. The molecular weight excluding hydrogens is 257 g/mol. The fraction of sp³-hybridized carbons (Fsp3) is 0.538. The average Bonchev–Trinajstić information content (AvgIpc) is 2.81. The van der Waals surface area contributed by atoms with Crippen molar-refractivity contribution in [1.29, 1.82) is 0 Å². The highest BCUT2D eigenvalue weighted by molar-refractivity contribution is 6.42. The zero-order valence-electron chi connectivity index (χ0n) is 9.63. The highest BCUT2D eigenvalue weighted by Crippen LogP contribution is 2.47. The molecule has 1 aliphatic rings. The fourth-order valence-corrected chi connectivity index (χ4v) is 3.01. The Kier molecular flexibility index (Phi) is 3.99. The van der Waals surface area contributed by atoms with E-state index in [0.29, 0.717) is 16.6 Å². The third-order valence-corrected chi connectivity index (χ3v) is 4.58. The van der Waals surface area contributed by atoms with E-state index in [-0.39, 0.29) is 5.41 Å². The van der Waals surface area contributed by atoms with Gasteiger partial charge in [0.15, 0.2) is 0 Å². The molecule has 0 bridgehead atoms. The molecule has 0 amide bonds. The summed E-state index contributed by atoms with van der Waals surface area (Å²) in [5.41, 5.74) is 6.48. The van der Waals surface area contributed by atoms with Gasteiger partial charge < -0.3 is 10.8 Å². The smallest absolute Gasteiger partial charge is 0.0858 e. The molecule has 0 aliphatic heterocycles. The average molecular weight is 274 g/mol. The molecule has 17 heavy (non-hydrogen) atoms. The van der Waals surface area contributed by atoms with Crippen LogP contribution in [-0.2, 0) is 0 Å². The highest BCUT2D eigenvalue weighted by atomic mass is 35.5. The van der Waals surface area contributed by atoms with Crippen LogP contribution in [0.3, 0.4) is 0 Å². The predicted octanol–water partition coefficient (Wildman–Crippen LogP) is 3.55. The molecule has 1 aromatic rings. The maximum Gasteiger partial charge on any atom is 0.0858 e. The third-order valence-electron chi connectivity index (χ3n) is 3.85. The van der Waals surface area contributed by atoms with Gasteiger partial charge in [-0.25, -0.2) is 0 Å². The van der Waals surface area contributed by atoms with E-state index in [1.807, 2.05) is 6.07 Å². The van der Waals surface area contributed by atoms with Crippen molar-refractivity contribution in [3.63, 3.8) is 0 Å². The minimum absolute atomic E-state index is 0.183. The molecule has 3 N–H and O–H groups in total. The first-order valence-electron chi connectivity index (χ1n) is 5.92. The predicted molar refractivity (Wildman–Crippen MR) is 71.4 cm³/mol. The van der Waals surface area contributed by atoms with Crippen molar-refractivity contribution >= 4 is 23.2 Å². The second-order valence-corrected chi connectivity index (χ2v) is 5.66. The number of aliphatic hydroxyl groups excluding tert-OH is 1. The van der Waals surface area contributed by atoms with Crippen molar-refractivity contribution in [3.8, 4) is 0 Å². The Bertz CT molecular complexity index is 402. The van der Waals surface area contributed by atoms with Gasteiger partial charge in [-0.15, -0.1) is 0 Å². The molecule has 2 nitrogen and oxygen atoms in total. The standard InChI is InChI=1S/C13H17Cl2NO/c14-10-4-3-9(7-11(10)15)12(17)13(8-16)5-1-2-6-13/h3-4,7,12,17H,1-2,5-6,8,16H2. The summed E-state index contributed by atoms with van der Waals surface area (Å²) in [4.78, 5) is 0. The number of aliphatic hydroxyl groups is 1. The molecule has 94 valence electrons. The number of halogens is 2. The molecule has 1 atom stereocenters. The molecule has 1 aromatic carbocycles. The first-order valence-corrected chi connectivity index (χ1v) is 6.68. The van der Waals surface area contributed by atoms with E-state index in [4.69, 9.17) is 28.9 Å². The van der Waals surface area contributed by atoms with Crippen LogP contribution in [0.2, 0.25) is 10.0 Å². The summed E-state index contributed by atoms with van der Waals surface area (Å²) >= 11 is 11.9. The maximum absolute atomic E-state index is 10.5. The largest absolute Gasteiger partial charge is 0.388 e. The van der Waals surface area contributed by atoms with E-state index in [9.17, 15) is 5.11 Å². The van der Waals surface area contributed by atoms with E-state index in [1.165, 1.54) is 0 Å². The second kappa shape index (κ2) is 5.15. The van der Waals surface area contributed by atoms with Crippen LogP contribution in [0.5, 0.6) is 0 Å². The molecule has 1 unspecified atom stereocenters. The lowest BCUT2D eigenvalue weighted by atomic mass is 9.77. The SMILES string of the molecule is NCC1(C(O)c2ccc(Cl)c(Cl)c2)CCCC1. The van der Waals surface area contributed by atoms with Crippen LogP contribution in [-0.4, -0.2) is 11.7 Å². The lowest BCUT2D eigenvalue weighted by molar-refractivity contribution is 0.0333. The summed E-state index contributed by atoms with van der Waals surface area (Å²) in [6, 6.07) is 5.29. The number of nitrogens with two attached hydrogens (primary N) is 1. The Morgan fingerprint density at radius 1 is 1.24 bits per heavy atom. The van der Waals surface area contributed by atoms with Crippen LogP contribution in [0.25, 0.3) is 0 Å². The summed E-state index contributed by atoms with van der Waals surface area (Å²) in [6.45, 7) is 0.508. The number of rotatable bonds is 3. The van der Waals surface area contributed by atoms with Crippen molar-refractivity contribution in [2.24, 2.45) is 11.1 Å². The molecule has 0 heterocycles. The number of benzene rings is 1. The first-order chi connectivity index (χ1) is 8.09. The first kappa shape index (κ1) is 13.2. The maximum atomic E-state index is 10.5. The number of hydrogen-bond donors (Lipinski definition) is 2. The van der Waals surface area contributed by atoms with Crippen molar-refractivity contribution in [2.45, 2.75) is 31.8 Å². The van der Waals surface area contributed by atoms with Gasteiger partial charge >= 0.3 is 0 Å². The molecular formula is C13H17Cl2NO. The van der Waals surface area contributed by atoms with E-state index in [2.05, 4.69) is 0 Å².